The van der Waals surface area contributed by atoms with E-state index in [2.05, 4.69) is 10.2 Å². The Kier molecular flexibility index (Phi) is 3.79. The molecule has 0 N–H and O–H groups in total. The van der Waals surface area contributed by atoms with Crippen LogP contribution in [0.25, 0.3) is 5.65 Å². The van der Waals surface area contributed by atoms with Gasteiger partial charge in [0.1, 0.15) is 5.82 Å². The van der Waals surface area contributed by atoms with Gasteiger partial charge in [-0.3, -0.25) is 9.20 Å². The number of carbonyl (C=O) groups excluding carboxylic acids is 1. The van der Waals surface area contributed by atoms with E-state index >= 15 is 0 Å². The summed E-state index contributed by atoms with van der Waals surface area (Å²) in [7, 11) is -3.04. The number of pyridine rings is 1. The maximum Gasteiger partial charge on any atom is 0.226 e. The number of piperidine rings is 1. The molecule has 0 aromatic carbocycles. The average Bonchev–Trinajstić information content (AvgIpc) is 3.17. The Morgan fingerprint density at radius 1 is 1.21 bits per heavy atom. The summed E-state index contributed by atoms with van der Waals surface area (Å²) in [6, 6.07) is 5.77. The van der Waals surface area contributed by atoms with E-state index < -0.39 is 9.84 Å². The number of carbonyl (C=O) groups is 1. The third-order valence-electron chi connectivity index (χ3n) is 5.02. The molecule has 0 bridgehead atoms. The molecule has 2 atom stereocenters. The molecule has 8 heteroatoms. The van der Waals surface area contributed by atoms with Gasteiger partial charge in [-0.15, -0.1) is 10.2 Å². The predicted molar refractivity (Wildman–Crippen MR) is 88.3 cm³/mol. The summed E-state index contributed by atoms with van der Waals surface area (Å²) < 4.78 is 25.2. The molecule has 2 fully saturated rings. The second kappa shape index (κ2) is 5.84. The zero-order chi connectivity index (χ0) is 16.7. The van der Waals surface area contributed by atoms with Gasteiger partial charge < -0.3 is 4.90 Å². The maximum absolute atomic E-state index is 12.7. The lowest BCUT2D eigenvalue weighted by molar-refractivity contribution is -0.136. The van der Waals surface area contributed by atoms with Crippen molar-refractivity contribution in [2.75, 3.05) is 24.6 Å². The lowest BCUT2D eigenvalue weighted by Gasteiger charge is -2.33. The zero-order valence-electron chi connectivity index (χ0n) is 13.3. The smallest absolute Gasteiger partial charge is 0.226 e. The van der Waals surface area contributed by atoms with Gasteiger partial charge in [-0.1, -0.05) is 6.07 Å². The van der Waals surface area contributed by atoms with Crippen molar-refractivity contribution in [3.63, 3.8) is 0 Å². The SMILES string of the molecule is O=C([C@@H]1CCS(=O)(=O)C1)N1CCC[C@@H](c2nnc3ccccn23)C1. The standard InChI is InChI=1S/C16H20N4O3S/c21-16(13-6-9-24(22,23)11-13)19-7-3-4-12(10-19)15-18-17-14-5-1-2-8-20(14)15/h1-2,5,8,12-13H,3-4,6-7,9-11H2/t12-,13-/m1/s1. The predicted octanol–water partition coefficient (Wildman–Crippen LogP) is 0.870. The van der Waals surface area contributed by atoms with Gasteiger partial charge in [-0.05, 0) is 31.4 Å². The van der Waals surface area contributed by atoms with Crippen molar-refractivity contribution < 1.29 is 13.2 Å². The van der Waals surface area contributed by atoms with Crippen LogP contribution in [-0.2, 0) is 14.6 Å². The second-order valence-electron chi connectivity index (χ2n) is 6.71. The Morgan fingerprint density at radius 2 is 2.08 bits per heavy atom. The molecular formula is C16H20N4O3S. The number of hydrogen-bond acceptors (Lipinski definition) is 5. The van der Waals surface area contributed by atoms with Gasteiger partial charge in [-0.25, -0.2) is 8.42 Å². The van der Waals surface area contributed by atoms with Gasteiger partial charge in [0, 0.05) is 25.2 Å². The summed E-state index contributed by atoms with van der Waals surface area (Å²) in [5.41, 5.74) is 0.804. The molecule has 2 aliphatic heterocycles. The van der Waals surface area contributed by atoms with Gasteiger partial charge in [0.05, 0.1) is 17.4 Å². The van der Waals surface area contributed by atoms with Gasteiger partial charge in [-0.2, -0.15) is 0 Å². The third-order valence-corrected chi connectivity index (χ3v) is 6.79. The van der Waals surface area contributed by atoms with Crippen molar-refractivity contribution in [1.29, 1.82) is 0 Å². The molecule has 2 aliphatic rings. The highest BCUT2D eigenvalue weighted by molar-refractivity contribution is 7.91. The molecule has 1 amide bonds. The summed E-state index contributed by atoms with van der Waals surface area (Å²) in [5, 5.41) is 8.50. The van der Waals surface area contributed by atoms with Crippen molar-refractivity contribution >= 4 is 21.4 Å². The largest absolute Gasteiger partial charge is 0.342 e. The first-order valence-electron chi connectivity index (χ1n) is 8.32. The summed E-state index contributed by atoms with van der Waals surface area (Å²) in [6.45, 7) is 1.29. The van der Waals surface area contributed by atoms with Crippen LogP contribution < -0.4 is 0 Å². The molecule has 0 saturated carbocycles. The number of sulfone groups is 1. The van der Waals surface area contributed by atoms with Crippen molar-refractivity contribution in [3.8, 4) is 0 Å². The highest BCUT2D eigenvalue weighted by atomic mass is 32.2. The summed E-state index contributed by atoms with van der Waals surface area (Å²) in [6.07, 6.45) is 4.26. The first kappa shape index (κ1) is 15.6. The minimum atomic E-state index is -3.04. The second-order valence-corrected chi connectivity index (χ2v) is 8.94. The fourth-order valence-corrected chi connectivity index (χ4v) is 5.51. The van der Waals surface area contributed by atoms with E-state index in [1.165, 1.54) is 0 Å². The normalized spacial score (nSPS) is 26.8. The van der Waals surface area contributed by atoms with Crippen LogP contribution in [0.1, 0.15) is 31.0 Å². The van der Waals surface area contributed by atoms with Crippen LogP contribution in [0.2, 0.25) is 0 Å². The minimum Gasteiger partial charge on any atom is -0.342 e. The van der Waals surface area contributed by atoms with Crippen LogP contribution in [0.15, 0.2) is 24.4 Å². The molecule has 2 saturated heterocycles. The molecule has 2 aromatic heterocycles. The first-order chi connectivity index (χ1) is 11.5. The fourth-order valence-electron chi connectivity index (χ4n) is 3.77. The Bertz CT molecular complexity index is 876. The van der Waals surface area contributed by atoms with Gasteiger partial charge in [0.25, 0.3) is 0 Å². The Morgan fingerprint density at radius 3 is 2.88 bits per heavy atom. The van der Waals surface area contributed by atoms with E-state index in [1.807, 2.05) is 33.7 Å². The third kappa shape index (κ3) is 2.79. The molecule has 7 nitrogen and oxygen atoms in total. The molecule has 0 unspecified atom stereocenters. The first-order valence-corrected chi connectivity index (χ1v) is 10.1. The quantitative estimate of drug-likeness (QED) is 0.804. The van der Waals surface area contributed by atoms with Crippen LogP contribution in [0.4, 0.5) is 0 Å². The van der Waals surface area contributed by atoms with Crippen molar-refractivity contribution in [1.82, 2.24) is 19.5 Å². The highest BCUT2D eigenvalue weighted by Crippen LogP contribution is 2.29. The summed E-state index contributed by atoms with van der Waals surface area (Å²) in [5.74, 6) is 0.759. The van der Waals surface area contributed by atoms with E-state index in [0.29, 0.717) is 19.5 Å². The number of fused-ring (bicyclic) bond motifs is 1. The highest BCUT2D eigenvalue weighted by Gasteiger charge is 2.37. The van der Waals surface area contributed by atoms with Crippen LogP contribution in [0, 0.1) is 5.92 Å². The molecule has 2 aromatic rings. The molecule has 0 radical (unpaired) electrons. The van der Waals surface area contributed by atoms with Gasteiger partial charge >= 0.3 is 0 Å². The van der Waals surface area contributed by atoms with E-state index in [9.17, 15) is 13.2 Å². The average molecular weight is 348 g/mol. The lowest BCUT2D eigenvalue weighted by atomic mass is 9.95. The monoisotopic (exact) mass is 348 g/mol. The lowest BCUT2D eigenvalue weighted by Crippen LogP contribution is -2.43. The molecule has 4 heterocycles. The molecule has 128 valence electrons. The fraction of sp³-hybridized carbons (Fsp3) is 0.562. The number of hydrogen-bond donors (Lipinski definition) is 0. The van der Waals surface area contributed by atoms with E-state index in [4.69, 9.17) is 0 Å². The van der Waals surface area contributed by atoms with E-state index in [-0.39, 0.29) is 29.2 Å². The summed E-state index contributed by atoms with van der Waals surface area (Å²) in [4.78, 5) is 14.5. The molecule has 4 rings (SSSR count). The van der Waals surface area contributed by atoms with E-state index in [0.717, 1.165) is 24.3 Å². The van der Waals surface area contributed by atoms with Crippen LogP contribution in [0.5, 0.6) is 0 Å². The molecule has 24 heavy (non-hydrogen) atoms. The van der Waals surface area contributed by atoms with Crippen molar-refractivity contribution in [3.05, 3.63) is 30.2 Å². The molecular weight excluding hydrogens is 328 g/mol. The number of rotatable bonds is 2. The topological polar surface area (TPSA) is 84.6 Å². The Labute approximate surface area is 140 Å². The van der Waals surface area contributed by atoms with Gasteiger partial charge in [0.15, 0.2) is 15.5 Å². The van der Waals surface area contributed by atoms with Crippen LogP contribution in [-0.4, -0.2) is 58.4 Å². The summed E-state index contributed by atoms with van der Waals surface area (Å²) >= 11 is 0. The van der Waals surface area contributed by atoms with Crippen molar-refractivity contribution in [2.24, 2.45) is 5.92 Å². The zero-order valence-corrected chi connectivity index (χ0v) is 14.2. The van der Waals surface area contributed by atoms with Crippen LogP contribution >= 0.6 is 0 Å². The minimum absolute atomic E-state index is 0.000856. The van der Waals surface area contributed by atoms with E-state index in [1.54, 1.807) is 0 Å². The number of nitrogens with zero attached hydrogens (tertiary/aromatic N) is 4. The number of likely N-dealkylation sites (tertiary alicyclic amines) is 1. The number of amides is 1. The molecule has 0 spiro atoms. The van der Waals surface area contributed by atoms with Crippen LogP contribution in [0.3, 0.4) is 0 Å². The van der Waals surface area contributed by atoms with Crippen molar-refractivity contribution in [2.45, 2.75) is 25.2 Å². The van der Waals surface area contributed by atoms with Gasteiger partial charge in [0.2, 0.25) is 5.91 Å². The maximum atomic E-state index is 12.7. The Hall–Kier alpha value is -1.96. The Balaban J connectivity index is 1.53. The number of aromatic nitrogens is 3. The molecule has 0 aliphatic carbocycles.